The van der Waals surface area contributed by atoms with E-state index in [9.17, 15) is 4.79 Å². The highest BCUT2D eigenvalue weighted by Gasteiger charge is 2.14. The van der Waals surface area contributed by atoms with Crippen LogP contribution in [0.3, 0.4) is 0 Å². The van der Waals surface area contributed by atoms with Crippen molar-refractivity contribution >= 4 is 17.1 Å². The first-order valence-electron chi connectivity index (χ1n) is 7.92. The molecule has 0 saturated carbocycles. The van der Waals surface area contributed by atoms with Gasteiger partial charge in [0.1, 0.15) is 5.75 Å². The van der Waals surface area contributed by atoms with E-state index in [-0.39, 0.29) is 0 Å². The standard InChI is InChI=1S/C21H20O2/c1-3-7-16-12-17-13-18(23-2)10-11-19(17)20(14-22)21(16)15-8-5-4-6-9-15/h4-6,8-14H,3,7H2,1-2H3. The van der Waals surface area contributed by atoms with E-state index in [0.29, 0.717) is 0 Å². The normalized spacial score (nSPS) is 10.7. The Labute approximate surface area is 136 Å². The van der Waals surface area contributed by atoms with Crippen molar-refractivity contribution in [3.05, 3.63) is 65.7 Å². The molecule has 2 heteroatoms. The summed E-state index contributed by atoms with van der Waals surface area (Å²) >= 11 is 0. The second-order valence-corrected chi connectivity index (χ2v) is 5.65. The molecular formula is C21H20O2. The van der Waals surface area contributed by atoms with E-state index in [2.05, 4.69) is 25.1 Å². The van der Waals surface area contributed by atoms with Crippen molar-refractivity contribution in [3.63, 3.8) is 0 Å². The number of aldehydes is 1. The molecule has 0 aromatic heterocycles. The van der Waals surface area contributed by atoms with E-state index >= 15 is 0 Å². The van der Waals surface area contributed by atoms with Crippen molar-refractivity contribution in [1.29, 1.82) is 0 Å². The van der Waals surface area contributed by atoms with Crippen LogP contribution in [0.25, 0.3) is 21.9 Å². The highest BCUT2D eigenvalue weighted by atomic mass is 16.5. The lowest BCUT2D eigenvalue weighted by atomic mass is 9.88. The Balaban J connectivity index is 2.36. The van der Waals surface area contributed by atoms with E-state index < -0.39 is 0 Å². The van der Waals surface area contributed by atoms with Gasteiger partial charge in [-0.25, -0.2) is 0 Å². The predicted molar refractivity (Wildman–Crippen MR) is 95.3 cm³/mol. The summed E-state index contributed by atoms with van der Waals surface area (Å²) in [5.41, 5.74) is 4.12. The molecule has 0 aliphatic rings. The Morgan fingerprint density at radius 1 is 1.04 bits per heavy atom. The SMILES string of the molecule is CCCc1cc2cc(OC)ccc2c(C=O)c1-c1ccccc1. The lowest BCUT2D eigenvalue weighted by Crippen LogP contribution is -1.98. The van der Waals surface area contributed by atoms with Gasteiger partial charge in [-0.2, -0.15) is 0 Å². The second-order valence-electron chi connectivity index (χ2n) is 5.65. The number of fused-ring (bicyclic) bond motifs is 1. The summed E-state index contributed by atoms with van der Waals surface area (Å²) in [6, 6.07) is 18.2. The van der Waals surface area contributed by atoms with Gasteiger partial charge >= 0.3 is 0 Å². The smallest absolute Gasteiger partial charge is 0.151 e. The van der Waals surface area contributed by atoms with Gasteiger partial charge in [0, 0.05) is 5.56 Å². The molecule has 0 amide bonds. The van der Waals surface area contributed by atoms with Crippen LogP contribution in [0.2, 0.25) is 0 Å². The summed E-state index contributed by atoms with van der Waals surface area (Å²) in [5, 5.41) is 2.02. The summed E-state index contributed by atoms with van der Waals surface area (Å²) in [5.74, 6) is 0.809. The summed E-state index contributed by atoms with van der Waals surface area (Å²) in [6.45, 7) is 2.16. The minimum atomic E-state index is 0.764. The Morgan fingerprint density at radius 2 is 1.83 bits per heavy atom. The van der Waals surface area contributed by atoms with Crippen LogP contribution < -0.4 is 4.74 Å². The number of methoxy groups -OCH3 is 1. The van der Waals surface area contributed by atoms with Crippen LogP contribution in [0.15, 0.2) is 54.6 Å². The maximum atomic E-state index is 11.9. The van der Waals surface area contributed by atoms with Crippen LogP contribution in [0.1, 0.15) is 29.3 Å². The average molecular weight is 304 g/mol. The minimum absolute atomic E-state index is 0.764. The quantitative estimate of drug-likeness (QED) is 0.599. The third-order valence-corrected chi connectivity index (χ3v) is 4.17. The highest BCUT2D eigenvalue weighted by molar-refractivity contribution is 6.06. The van der Waals surface area contributed by atoms with Gasteiger partial charge in [-0.15, -0.1) is 0 Å². The van der Waals surface area contributed by atoms with Gasteiger partial charge in [0.05, 0.1) is 7.11 Å². The van der Waals surface area contributed by atoms with Crippen molar-refractivity contribution in [3.8, 4) is 16.9 Å². The molecule has 0 atom stereocenters. The van der Waals surface area contributed by atoms with Crippen molar-refractivity contribution in [2.75, 3.05) is 7.11 Å². The Hall–Kier alpha value is -2.61. The van der Waals surface area contributed by atoms with Gasteiger partial charge in [-0.1, -0.05) is 49.7 Å². The molecular weight excluding hydrogens is 284 g/mol. The number of aryl methyl sites for hydroxylation is 1. The number of ether oxygens (including phenoxy) is 1. The van der Waals surface area contributed by atoms with Crippen molar-refractivity contribution < 1.29 is 9.53 Å². The molecule has 0 aliphatic heterocycles. The number of hydrogen-bond donors (Lipinski definition) is 0. The zero-order chi connectivity index (χ0) is 16.2. The van der Waals surface area contributed by atoms with Gasteiger partial charge in [0.25, 0.3) is 0 Å². The first-order chi connectivity index (χ1) is 11.3. The van der Waals surface area contributed by atoms with Crippen LogP contribution >= 0.6 is 0 Å². The fourth-order valence-corrected chi connectivity index (χ4v) is 3.13. The molecule has 0 radical (unpaired) electrons. The van der Waals surface area contributed by atoms with Crippen molar-refractivity contribution in [1.82, 2.24) is 0 Å². The molecule has 116 valence electrons. The van der Waals surface area contributed by atoms with E-state index in [4.69, 9.17) is 4.74 Å². The lowest BCUT2D eigenvalue weighted by molar-refractivity contribution is 0.112. The van der Waals surface area contributed by atoms with Crippen LogP contribution in [0.5, 0.6) is 5.75 Å². The minimum Gasteiger partial charge on any atom is -0.497 e. The van der Waals surface area contributed by atoms with Crippen molar-refractivity contribution in [2.45, 2.75) is 19.8 Å². The number of carbonyl (C=O) groups is 1. The fourth-order valence-electron chi connectivity index (χ4n) is 3.13. The second kappa shape index (κ2) is 6.66. The molecule has 23 heavy (non-hydrogen) atoms. The van der Waals surface area contributed by atoms with Gasteiger partial charge in [0.2, 0.25) is 0 Å². The molecule has 0 N–H and O–H groups in total. The first kappa shape index (κ1) is 15.3. The molecule has 3 rings (SSSR count). The topological polar surface area (TPSA) is 26.3 Å². The Kier molecular flexibility index (Phi) is 4.42. The Bertz CT molecular complexity index is 835. The van der Waals surface area contributed by atoms with E-state index in [1.54, 1.807) is 7.11 Å². The summed E-state index contributed by atoms with van der Waals surface area (Å²) < 4.78 is 5.32. The van der Waals surface area contributed by atoms with Gasteiger partial charge in [0.15, 0.2) is 6.29 Å². The third kappa shape index (κ3) is 2.85. The number of carbonyl (C=O) groups excluding carboxylic acids is 1. The van der Waals surface area contributed by atoms with E-state index in [0.717, 1.165) is 52.3 Å². The van der Waals surface area contributed by atoms with Crippen molar-refractivity contribution in [2.24, 2.45) is 0 Å². The average Bonchev–Trinajstić information content (AvgIpc) is 2.61. The van der Waals surface area contributed by atoms with E-state index in [1.807, 2.05) is 36.4 Å². The molecule has 0 unspecified atom stereocenters. The lowest BCUT2D eigenvalue weighted by Gasteiger charge is -2.16. The van der Waals surface area contributed by atoms with Crippen LogP contribution in [0, 0.1) is 0 Å². The molecule has 3 aromatic rings. The highest BCUT2D eigenvalue weighted by Crippen LogP contribution is 2.35. The molecule has 0 bridgehead atoms. The first-order valence-corrected chi connectivity index (χ1v) is 7.92. The third-order valence-electron chi connectivity index (χ3n) is 4.17. The molecule has 0 aliphatic carbocycles. The summed E-state index contributed by atoms with van der Waals surface area (Å²) in [7, 11) is 1.66. The zero-order valence-corrected chi connectivity index (χ0v) is 13.5. The monoisotopic (exact) mass is 304 g/mol. The molecule has 0 heterocycles. The van der Waals surface area contributed by atoms with Crippen LogP contribution in [-0.2, 0) is 6.42 Å². The summed E-state index contributed by atoms with van der Waals surface area (Å²) in [4.78, 5) is 11.9. The number of benzene rings is 3. The number of rotatable bonds is 5. The van der Waals surface area contributed by atoms with Crippen LogP contribution in [0.4, 0.5) is 0 Å². The number of hydrogen-bond acceptors (Lipinski definition) is 2. The van der Waals surface area contributed by atoms with E-state index in [1.165, 1.54) is 5.56 Å². The zero-order valence-electron chi connectivity index (χ0n) is 13.5. The molecule has 0 fully saturated rings. The Morgan fingerprint density at radius 3 is 2.48 bits per heavy atom. The van der Waals surface area contributed by atoms with Crippen LogP contribution in [-0.4, -0.2) is 13.4 Å². The largest absolute Gasteiger partial charge is 0.497 e. The van der Waals surface area contributed by atoms with Gasteiger partial charge < -0.3 is 4.74 Å². The van der Waals surface area contributed by atoms with Gasteiger partial charge in [-0.05, 0) is 52.1 Å². The summed E-state index contributed by atoms with van der Waals surface area (Å²) in [6.07, 6.45) is 2.96. The maximum absolute atomic E-state index is 11.9. The van der Waals surface area contributed by atoms with Gasteiger partial charge in [-0.3, -0.25) is 4.79 Å². The molecule has 2 nitrogen and oxygen atoms in total. The molecule has 3 aromatic carbocycles. The molecule has 0 spiro atoms. The predicted octanol–water partition coefficient (Wildman–Crippen LogP) is 5.28. The fraction of sp³-hybridized carbons (Fsp3) is 0.190. The maximum Gasteiger partial charge on any atom is 0.151 e. The molecule has 0 saturated heterocycles.